The largest absolute Gasteiger partial charge is 0.493 e. The molecule has 0 spiro atoms. The maximum Gasteiger partial charge on any atom is 0.339 e. The molecule has 0 saturated carbocycles. The molecule has 7 heteroatoms. The number of rotatable bonds is 5. The molecule has 0 aromatic heterocycles. The Morgan fingerprint density at radius 3 is 2.46 bits per heavy atom. The normalized spacial score (nSPS) is 13.4. The SMILES string of the molecule is COc1cc(C(=O)OC(C)C(=O)Nc2c(C)cccc2C)cc2c1OCCO2. The fraction of sp³-hybridized carbons (Fsp3) is 0.333. The van der Waals surface area contributed by atoms with E-state index < -0.39 is 18.0 Å². The molecule has 1 N–H and O–H groups in total. The van der Waals surface area contributed by atoms with E-state index in [2.05, 4.69) is 5.32 Å². The lowest BCUT2D eigenvalue weighted by Crippen LogP contribution is -2.30. The van der Waals surface area contributed by atoms with Crippen LogP contribution in [-0.4, -0.2) is 38.3 Å². The van der Waals surface area contributed by atoms with Crippen LogP contribution in [-0.2, 0) is 9.53 Å². The third-order valence-corrected chi connectivity index (χ3v) is 4.45. The lowest BCUT2D eigenvalue weighted by molar-refractivity contribution is -0.123. The molecule has 7 nitrogen and oxygen atoms in total. The predicted molar refractivity (Wildman–Crippen MR) is 103 cm³/mol. The highest BCUT2D eigenvalue weighted by Crippen LogP contribution is 2.40. The molecule has 1 atom stereocenters. The lowest BCUT2D eigenvalue weighted by atomic mass is 10.1. The second-order valence-corrected chi connectivity index (χ2v) is 6.51. The Hall–Kier alpha value is -3.22. The van der Waals surface area contributed by atoms with Gasteiger partial charge in [0, 0.05) is 5.69 Å². The number of esters is 1. The number of benzene rings is 2. The summed E-state index contributed by atoms with van der Waals surface area (Å²) < 4.78 is 21.7. The summed E-state index contributed by atoms with van der Waals surface area (Å²) >= 11 is 0. The summed E-state index contributed by atoms with van der Waals surface area (Å²) in [5.74, 6) is 0.169. The van der Waals surface area contributed by atoms with E-state index in [1.807, 2.05) is 32.0 Å². The zero-order valence-electron chi connectivity index (χ0n) is 16.3. The van der Waals surface area contributed by atoms with E-state index in [9.17, 15) is 9.59 Å². The van der Waals surface area contributed by atoms with Crippen LogP contribution in [0.2, 0.25) is 0 Å². The van der Waals surface area contributed by atoms with Crippen molar-refractivity contribution >= 4 is 17.6 Å². The number of carbonyl (C=O) groups excluding carboxylic acids is 2. The van der Waals surface area contributed by atoms with Crippen LogP contribution in [0.4, 0.5) is 5.69 Å². The number of para-hydroxylation sites is 1. The summed E-state index contributed by atoms with van der Waals surface area (Å²) in [4.78, 5) is 25.0. The van der Waals surface area contributed by atoms with Gasteiger partial charge in [0.05, 0.1) is 12.7 Å². The summed E-state index contributed by atoms with van der Waals surface area (Å²) in [6.45, 7) is 6.11. The molecule has 2 aromatic carbocycles. The van der Waals surface area contributed by atoms with Crippen LogP contribution in [0.5, 0.6) is 17.2 Å². The Morgan fingerprint density at radius 1 is 1.11 bits per heavy atom. The van der Waals surface area contributed by atoms with E-state index >= 15 is 0 Å². The smallest absolute Gasteiger partial charge is 0.339 e. The quantitative estimate of drug-likeness (QED) is 0.796. The molecule has 0 radical (unpaired) electrons. The topological polar surface area (TPSA) is 83.1 Å². The molecule has 1 amide bonds. The first-order valence-corrected chi connectivity index (χ1v) is 8.96. The van der Waals surface area contributed by atoms with Gasteiger partial charge in [-0.25, -0.2) is 4.79 Å². The van der Waals surface area contributed by atoms with Crippen LogP contribution in [0, 0.1) is 13.8 Å². The van der Waals surface area contributed by atoms with Crippen LogP contribution in [0.1, 0.15) is 28.4 Å². The highest BCUT2D eigenvalue weighted by Gasteiger charge is 2.24. The van der Waals surface area contributed by atoms with Gasteiger partial charge in [0.2, 0.25) is 5.75 Å². The van der Waals surface area contributed by atoms with Crippen molar-refractivity contribution in [3.8, 4) is 17.2 Å². The van der Waals surface area contributed by atoms with Crippen molar-refractivity contribution in [3.05, 3.63) is 47.0 Å². The fourth-order valence-corrected chi connectivity index (χ4v) is 2.91. The van der Waals surface area contributed by atoms with Gasteiger partial charge in [-0.2, -0.15) is 0 Å². The predicted octanol–water partition coefficient (Wildman–Crippen LogP) is 3.27. The van der Waals surface area contributed by atoms with Crippen LogP contribution in [0.3, 0.4) is 0 Å². The van der Waals surface area contributed by atoms with Crippen LogP contribution in [0.25, 0.3) is 0 Å². The number of hydrogen-bond donors (Lipinski definition) is 1. The fourth-order valence-electron chi connectivity index (χ4n) is 2.91. The van der Waals surface area contributed by atoms with Crippen molar-refractivity contribution in [1.82, 2.24) is 0 Å². The number of amides is 1. The van der Waals surface area contributed by atoms with Crippen molar-refractivity contribution in [1.29, 1.82) is 0 Å². The van der Waals surface area contributed by atoms with Gasteiger partial charge in [-0.05, 0) is 44.0 Å². The molecule has 148 valence electrons. The second kappa shape index (κ2) is 8.21. The average Bonchev–Trinajstić information content (AvgIpc) is 2.69. The molecule has 1 aliphatic heterocycles. The first-order chi connectivity index (χ1) is 13.4. The van der Waals surface area contributed by atoms with Gasteiger partial charge in [-0.15, -0.1) is 0 Å². The molecule has 1 heterocycles. The van der Waals surface area contributed by atoms with Crippen LogP contribution >= 0.6 is 0 Å². The van der Waals surface area contributed by atoms with Crippen molar-refractivity contribution in [2.45, 2.75) is 26.9 Å². The lowest BCUT2D eigenvalue weighted by Gasteiger charge is -2.21. The number of ether oxygens (including phenoxy) is 4. The number of aryl methyl sites for hydroxylation is 2. The highest BCUT2D eigenvalue weighted by atomic mass is 16.6. The van der Waals surface area contributed by atoms with Gasteiger partial charge in [-0.3, -0.25) is 4.79 Å². The zero-order chi connectivity index (χ0) is 20.3. The van der Waals surface area contributed by atoms with E-state index in [0.29, 0.717) is 30.5 Å². The van der Waals surface area contributed by atoms with Gasteiger partial charge in [0.15, 0.2) is 17.6 Å². The molecule has 1 aliphatic rings. The molecule has 1 unspecified atom stereocenters. The van der Waals surface area contributed by atoms with E-state index in [-0.39, 0.29) is 5.56 Å². The number of carbonyl (C=O) groups is 2. The minimum atomic E-state index is -0.981. The molecule has 0 aliphatic carbocycles. The standard InChI is InChI=1S/C21H23NO6/c1-12-6-5-7-13(2)18(12)22-20(23)14(3)28-21(24)15-10-16(25-4)19-17(11-15)26-8-9-27-19/h5-7,10-11,14H,8-9H2,1-4H3,(H,22,23). The summed E-state index contributed by atoms with van der Waals surface area (Å²) in [6, 6.07) is 8.75. The number of methoxy groups -OCH3 is 1. The van der Waals surface area contributed by atoms with Crippen LogP contribution < -0.4 is 19.5 Å². The van der Waals surface area contributed by atoms with Crippen LogP contribution in [0.15, 0.2) is 30.3 Å². The maximum absolute atomic E-state index is 12.5. The number of anilines is 1. The van der Waals surface area contributed by atoms with Crippen molar-refractivity contribution in [2.75, 3.05) is 25.6 Å². The number of hydrogen-bond acceptors (Lipinski definition) is 6. The van der Waals surface area contributed by atoms with E-state index in [1.165, 1.54) is 26.2 Å². The molecular formula is C21H23NO6. The first-order valence-electron chi connectivity index (χ1n) is 8.96. The first kappa shape index (κ1) is 19.5. The minimum absolute atomic E-state index is 0.216. The summed E-state index contributed by atoms with van der Waals surface area (Å²) in [6.07, 6.45) is -0.981. The third-order valence-electron chi connectivity index (χ3n) is 4.45. The molecular weight excluding hydrogens is 362 g/mol. The minimum Gasteiger partial charge on any atom is -0.493 e. The monoisotopic (exact) mass is 385 g/mol. The molecule has 0 saturated heterocycles. The molecule has 2 aromatic rings. The van der Waals surface area contributed by atoms with E-state index in [0.717, 1.165) is 16.8 Å². The molecule has 0 bridgehead atoms. The van der Waals surface area contributed by atoms with Gasteiger partial charge in [0.25, 0.3) is 5.91 Å². The maximum atomic E-state index is 12.5. The van der Waals surface area contributed by atoms with Crippen molar-refractivity contribution in [3.63, 3.8) is 0 Å². The van der Waals surface area contributed by atoms with Crippen molar-refractivity contribution < 1.29 is 28.5 Å². The summed E-state index contributed by atoms with van der Waals surface area (Å²) in [7, 11) is 1.48. The molecule has 0 fully saturated rings. The molecule has 28 heavy (non-hydrogen) atoms. The van der Waals surface area contributed by atoms with E-state index in [1.54, 1.807) is 0 Å². The molecule has 3 rings (SSSR count). The van der Waals surface area contributed by atoms with E-state index in [4.69, 9.17) is 18.9 Å². The number of nitrogens with one attached hydrogen (secondary N) is 1. The second-order valence-electron chi connectivity index (χ2n) is 6.51. The highest BCUT2D eigenvalue weighted by molar-refractivity contribution is 5.98. The van der Waals surface area contributed by atoms with Crippen molar-refractivity contribution in [2.24, 2.45) is 0 Å². The average molecular weight is 385 g/mol. The van der Waals surface area contributed by atoms with Gasteiger partial charge in [-0.1, -0.05) is 18.2 Å². The Labute approximate surface area is 163 Å². The Morgan fingerprint density at radius 2 is 1.79 bits per heavy atom. The summed E-state index contributed by atoms with van der Waals surface area (Å²) in [5.41, 5.74) is 2.80. The zero-order valence-corrected chi connectivity index (χ0v) is 16.3. The Balaban J connectivity index is 1.73. The summed E-state index contributed by atoms with van der Waals surface area (Å²) in [5, 5.41) is 2.82. The van der Waals surface area contributed by atoms with Gasteiger partial charge in [0.1, 0.15) is 13.2 Å². The Bertz CT molecular complexity index is 871. The number of fused-ring (bicyclic) bond motifs is 1. The third kappa shape index (κ3) is 4.03. The Kier molecular flexibility index (Phi) is 5.73. The van der Waals surface area contributed by atoms with Gasteiger partial charge >= 0.3 is 5.97 Å². The van der Waals surface area contributed by atoms with Gasteiger partial charge < -0.3 is 24.3 Å².